The van der Waals surface area contributed by atoms with Gasteiger partial charge in [0, 0.05) is 6.07 Å². The highest BCUT2D eigenvalue weighted by atomic mass is 16.5. The predicted molar refractivity (Wildman–Crippen MR) is 58.8 cm³/mol. The highest BCUT2D eigenvalue weighted by Gasteiger charge is 2.60. The molecule has 0 unspecified atom stereocenters. The summed E-state index contributed by atoms with van der Waals surface area (Å²) >= 11 is 0. The van der Waals surface area contributed by atoms with Crippen LogP contribution >= 0.6 is 0 Å². The Morgan fingerprint density at radius 1 is 1.41 bits per heavy atom. The summed E-state index contributed by atoms with van der Waals surface area (Å²) in [6.45, 7) is 0. The van der Waals surface area contributed by atoms with Crippen LogP contribution in [0.3, 0.4) is 0 Å². The first-order valence-electron chi connectivity index (χ1n) is 5.32. The SMILES string of the molecule is COc1cncc(N2C(=O)NC3(CC3)C2=O)c1. The number of urea groups is 1. The molecule has 3 amide bonds. The molecule has 1 aliphatic carbocycles. The summed E-state index contributed by atoms with van der Waals surface area (Å²) < 4.78 is 5.02. The number of amides is 3. The van der Waals surface area contributed by atoms with Crippen LogP contribution in [-0.4, -0.2) is 29.6 Å². The molecule has 2 aliphatic rings. The Morgan fingerprint density at radius 2 is 2.18 bits per heavy atom. The lowest BCUT2D eigenvalue weighted by Crippen LogP contribution is -2.32. The van der Waals surface area contributed by atoms with E-state index in [1.54, 1.807) is 6.07 Å². The van der Waals surface area contributed by atoms with Gasteiger partial charge in [-0.15, -0.1) is 0 Å². The van der Waals surface area contributed by atoms with Gasteiger partial charge in [-0.3, -0.25) is 9.78 Å². The molecule has 88 valence electrons. The number of hydrogen-bond donors (Lipinski definition) is 1. The maximum absolute atomic E-state index is 12.1. The molecule has 0 atom stereocenters. The Kier molecular flexibility index (Phi) is 1.89. The van der Waals surface area contributed by atoms with Gasteiger partial charge >= 0.3 is 6.03 Å². The molecule has 2 fully saturated rings. The van der Waals surface area contributed by atoms with Crippen molar-refractivity contribution in [3.63, 3.8) is 0 Å². The number of anilines is 1. The van der Waals surface area contributed by atoms with E-state index in [9.17, 15) is 9.59 Å². The molecule has 2 heterocycles. The summed E-state index contributed by atoms with van der Waals surface area (Å²) in [4.78, 5) is 28.9. The number of hydrogen-bond acceptors (Lipinski definition) is 4. The topological polar surface area (TPSA) is 71.5 Å². The number of methoxy groups -OCH3 is 1. The van der Waals surface area contributed by atoms with Gasteiger partial charge in [0.1, 0.15) is 11.3 Å². The lowest BCUT2D eigenvalue weighted by molar-refractivity contribution is -0.119. The first kappa shape index (κ1) is 10.1. The molecule has 1 spiro atoms. The molecule has 0 aromatic carbocycles. The van der Waals surface area contributed by atoms with Crippen molar-refractivity contribution in [1.82, 2.24) is 10.3 Å². The van der Waals surface area contributed by atoms with E-state index in [2.05, 4.69) is 10.3 Å². The molecule has 0 bridgehead atoms. The molecule has 6 nitrogen and oxygen atoms in total. The Labute approximate surface area is 97.6 Å². The number of pyridine rings is 1. The van der Waals surface area contributed by atoms with E-state index in [1.165, 1.54) is 19.5 Å². The van der Waals surface area contributed by atoms with Gasteiger partial charge in [-0.05, 0) is 12.8 Å². The summed E-state index contributed by atoms with van der Waals surface area (Å²) in [6, 6.07) is 1.23. The van der Waals surface area contributed by atoms with Gasteiger partial charge in [-0.25, -0.2) is 9.69 Å². The van der Waals surface area contributed by atoms with Gasteiger partial charge < -0.3 is 10.1 Å². The normalized spacial score (nSPS) is 20.6. The minimum Gasteiger partial charge on any atom is -0.495 e. The van der Waals surface area contributed by atoms with Crippen LogP contribution in [0.15, 0.2) is 18.5 Å². The van der Waals surface area contributed by atoms with Crippen molar-refractivity contribution in [2.24, 2.45) is 0 Å². The Bertz CT molecular complexity index is 510. The number of aromatic nitrogens is 1. The number of carbonyl (C=O) groups is 2. The summed E-state index contributed by atoms with van der Waals surface area (Å²) in [6.07, 6.45) is 4.42. The average molecular weight is 233 g/mol. The zero-order chi connectivity index (χ0) is 12.0. The van der Waals surface area contributed by atoms with E-state index in [0.29, 0.717) is 24.3 Å². The van der Waals surface area contributed by atoms with Gasteiger partial charge in [-0.1, -0.05) is 0 Å². The van der Waals surface area contributed by atoms with Crippen molar-refractivity contribution in [2.45, 2.75) is 18.4 Å². The predicted octanol–water partition coefficient (Wildman–Crippen LogP) is 0.679. The van der Waals surface area contributed by atoms with Gasteiger partial charge in [0.2, 0.25) is 0 Å². The fourth-order valence-electron chi connectivity index (χ4n) is 1.96. The molecule has 1 saturated heterocycles. The smallest absolute Gasteiger partial charge is 0.329 e. The van der Waals surface area contributed by atoms with E-state index in [0.717, 1.165) is 4.90 Å². The second-order valence-electron chi connectivity index (χ2n) is 4.24. The lowest BCUT2D eigenvalue weighted by atomic mass is 10.2. The highest BCUT2D eigenvalue weighted by Crippen LogP contribution is 2.42. The monoisotopic (exact) mass is 233 g/mol. The number of ether oxygens (including phenoxy) is 1. The van der Waals surface area contributed by atoms with E-state index >= 15 is 0 Å². The first-order chi connectivity index (χ1) is 8.16. The van der Waals surface area contributed by atoms with E-state index < -0.39 is 5.54 Å². The van der Waals surface area contributed by atoms with Crippen LogP contribution in [0.4, 0.5) is 10.5 Å². The van der Waals surface area contributed by atoms with Crippen LogP contribution in [0.5, 0.6) is 5.75 Å². The molecule has 1 aromatic heterocycles. The van der Waals surface area contributed by atoms with Crippen molar-refractivity contribution in [3.8, 4) is 5.75 Å². The third kappa shape index (κ3) is 1.37. The summed E-state index contributed by atoms with van der Waals surface area (Å²) in [5.41, 5.74) is -0.198. The average Bonchev–Trinajstić information content (AvgIpc) is 3.05. The minimum absolute atomic E-state index is 0.197. The number of imide groups is 1. The molecule has 3 rings (SSSR count). The van der Waals surface area contributed by atoms with Crippen LogP contribution in [0, 0.1) is 0 Å². The van der Waals surface area contributed by atoms with E-state index in [1.807, 2.05) is 0 Å². The van der Waals surface area contributed by atoms with Crippen molar-refractivity contribution in [3.05, 3.63) is 18.5 Å². The van der Waals surface area contributed by atoms with Crippen molar-refractivity contribution in [2.75, 3.05) is 12.0 Å². The Balaban J connectivity index is 1.98. The van der Waals surface area contributed by atoms with Gasteiger partial charge in [0.15, 0.2) is 0 Å². The van der Waals surface area contributed by atoms with E-state index in [4.69, 9.17) is 4.74 Å². The van der Waals surface area contributed by atoms with Gasteiger partial charge in [-0.2, -0.15) is 0 Å². The second kappa shape index (κ2) is 3.19. The van der Waals surface area contributed by atoms with Crippen molar-refractivity contribution in [1.29, 1.82) is 0 Å². The summed E-state index contributed by atoms with van der Waals surface area (Å²) in [7, 11) is 1.51. The largest absolute Gasteiger partial charge is 0.495 e. The summed E-state index contributed by atoms with van der Waals surface area (Å²) in [5, 5.41) is 2.71. The second-order valence-corrected chi connectivity index (χ2v) is 4.24. The fourth-order valence-corrected chi connectivity index (χ4v) is 1.96. The van der Waals surface area contributed by atoms with Gasteiger partial charge in [0.05, 0.1) is 25.2 Å². The quantitative estimate of drug-likeness (QED) is 0.762. The third-order valence-corrected chi connectivity index (χ3v) is 3.10. The minimum atomic E-state index is -0.639. The Hall–Kier alpha value is -2.11. The first-order valence-corrected chi connectivity index (χ1v) is 5.32. The van der Waals surface area contributed by atoms with Gasteiger partial charge in [0.25, 0.3) is 5.91 Å². The zero-order valence-corrected chi connectivity index (χ0v) is 9.27. The molecule has 17 heavy (non-hydrogen) atoms. The number of nitrogens with zero attached hydrogens (tertiary/aromatic N) is 2. The Morgan fingerprint density at radius 3 is 2.76 bits per heavy atom. The lowest BCUT2D eigenvalue weighted by Gasteiger charge is -2.12. The van der Waals surface area contributed by atoms with Crippen LogP contribution in [0.1, 0.15) is 12.8 Å². The summed E-state index contributed by atoms with van der Waals surface area (Å²) in [5.74, 6) is 0.317. The molecule has 1 aromatic rings. The number of carbonyl (C=O) groups excluding carboxylic acids is 2. The highest BCUT2D eigenvalue weighted by molar-refractivity contribution is 6.24. The van der Waals surface area contributed by atoms with Crippen LogP contribution < -0.4 is 15.0 Å². The zero-order valence-electron chi connectivity index (χ0n) is 9.27. The number of nitrogens with one attached hydrogen (secondary N) is 1. The van der Waals surface area contributed by atoms with Crippen LogP contribution in [0.25, 0.3) is 0 Å². The molecule has 0 radical (unpaired) electrons. The molecular formula is C11H11N3O3. The van der Waals surface area contributed by atoms with Crippen LogP contribution in [-0.2, 0) is 4.79 Å². The fraction of sp³-hybridized carbons (Fsp3) is 0.364. The van der Waals surface area contributed by atoms with Crippen molar-refractivity contribution < 1.29 is 14.3 Å². The standard InChI is InChI=1S/C11H11N3O3/c1-17-8-4-7(5-12-6-8)14-9(15)11(2-3-11)13-10(14)16/h4-6H,2-3H2,1H3,(H,13,16). The molecule has 1 N–H and O–H groups in total. The van der Waals surface area contributed by atoms with E-state index in [-0.39, 0.29) is 11.9 Å². The van der Waals surface area contributed by atoms with Crippen molar-refractivity contribution >= 4 is 17.6 Å². The molecule has 1 aliphatic heterocycles. The maximum Gasteiger partial charge on any atom is 0.329 e. The maximum atomic E-state index is 12.1. The molecule has 1 saturated carbocycles. The van der Waals surface area contributed by atoms with Crippen LogP contribution in [0.2, 0.25) is 0 Å². The third-order valence-electron chi connectivity index (χ3n) is 3.10. The molecule has 6 heteroatoms. The number of rotatable bonds is 2. The molecular weight excluding hydrogens is 222 g/mol.